The largest absolute Gasteiger partial charge is 0.444 e. The molecule has 2 fully saturated rings. The van der Waals surface area contributed by atoms with E-state index in [9.17, 15) is 28.8 Å². The van der Waals surface area contributed by atoms with Crippen molar-refractivity contribution in [3.05, 3.63) is 107 Å². The van der Waals surface area contributed by atoms with Crippen LogP contribution in [0.15, 0.2) is 77.7 Å². The number of pyridine rings is 1. The number of nitrogens with two attached hydrogens (primary N) is 1. The lowest BCUT2D eigenvalue weighted by Crippen LogP contribution is -2.54. The second-order valence-electron chi connectivity index (χ2n) is 16.4. The number of carbonyl (C=O) groups excluding carboxylic acids is 6. The van der Waals surface area contributed by atoms with Gasteiger partial charge in [0.05, 0.1) is 28.7 Å². The van der Waals surface area contributed by atoms with Crippen molar-refractivity contribution in [2.24, 2.45) is 11.7 Å². The van der Waals surface area contributed by atoms with Gasteiger partial charge in [0.1, 0.15) is 18.1 Å². The Balaban J connectivity index is 0.743. The van der Waals surface area contributed by atoms with E-state index in [-0.39, 0.29) is 41.4 Å². The van der Waals surface area contributed by atoms with Crippen molar-refractivity contribution in [2.75, 3.05) is 44.0 Å². The van der Waals surface area contributed by atoms with E-state index in [1.807, 2.05) is 36.4 Å². The number of piperidine rings is 1. The van der Waals surface area contributed by atoms with Crippen molar-refractivity contribution < 1.29 is 37.9 Å². The smallest absolute Gasteiger partial charge is 0.277 e. The number of amides is 6. The highest BCUT2D eigenvalue weighted by Gasteiger charge is 2.45. The van der Waals surface area contributed by atoms with Crippen LogP contribution in [0.25, 0.3) is 17.1 Å². The number of aryl methyl sites for hydroxylation is 1. The predicted octanol–water partition coefficient (Wildman–Crippen LogP) is 4.75. The molecule has 18 heteroatoms. The number of aromatic nitrogens is 4. The second-order valence-corrected chi connectivity index (χ2v) is 16.4. The number of nitrogens with zero attached hydrogens (tertiary/aromatic N) is 6. The zero-order valence-electron chi connectivity index (χ0n) is 35.5. The lowest BCUT2D eigenvalue weighted by Gasteiger charge is -2.27. The highest BCUT2D eigenvalue weighted by atomic mass is 16.5. The first kappa shape index (κ1) is 43.6. The Morgan fingerprint density at radius 3 is 2.58 bits per heavy atom. The van der Waals surface area contributed by atoms with Crippen LogP contribution in [-0.2, 0) is 27.3 Å². The molecule has 18 nitrogen and oxygen atoms in total. The highest BCUT2D eigenvalue weighted by Crippen LogP contribution is 2.31. The van der Waals surface area contributed by atoms with Crippen LogP contribution in [0.3, 0.4) is 0 Å². The van der Waals surface area contributed by atoms with Crippen LogP contribution in [0.2, 0.25) is 0 Å². The number of unbranched alkanes of at least 4 members (excludes halogenated alkanes) is 2. The van der Waals surface area contributed by atoms with Gasteiger partial charge >= 0.3 is 0 Å². The number of anilines is 2. The van der Waals surface area contributed by atoms with Gasteiger partial charge in [-0.15, -0.1) is 0 Å². The van der Waals surface area contributed by atoms with Gasteiger partial charge < -0.3 is 30.4 Å². The molecule has 0 spiro atoms. The maximum absolute atomic E-state index is 13.3. The molecular weight excluding hydrogens is 821 g/mol. The van der Waals surface area contributed by atoms with Crippen LogP contribution in [0, 0.1) is 5.92 Å². The molecule has 5 N–H and O–H groups in total. The molecule has 8 rings (SSSR count). The number of carbonyl (C=O) groups is 6. The third-order valence-electron chi connectivity index (χ3n) is 11.5. The molecule has 1 aliphatic carbocycles. The summed E-state index contributed by atoms with van der Waals surface area (Å²) in [5.74, 6) is -1.77. The van der Waals surface area contributed by atoms with Gasteiger partial charge in [-0.1, -0.05) is 24.3 Å². The first-order valence-electron chi connectivity index (χ1n) is 21.6. The minimum absolute atomic E-state index is 0.0212. The number of hydrogen-bond acceptors (Lipinski definition) is 13. The Kier molecular flexibility index (Phi) is 13.3. The topological polar surface area (TPSA) is 237 Å². The Bertz CT molecular complexity index is 2560. The number of nitrogens with one attached hydrogen (secondary N) is 3. The SMILES string of the molecule is CN(CCCCCOCCCc1cccc2c1C(=O)N(C1CCC(=O)NC1=O)C2=O)Cc1ccc(-n2cc(NC(=O)c3coc(-c4ccnc(NCC5CC5)c4)n3)c(C(N)=O)n2)cc1. The van der Waals surface area contributed by atoms with E-state index in [4.69, 9.17) is 14.9 Å². The predicted molar refractivity (Wildman–Crippen MR) is 233 cm³/mol. The molecule has 1 saturated carbocycles. The van der Waals surface area contributed by atoms with Gasteiger partial charge in [-0.2, -0.15) is 5.10 Å². The summed E-state index contributed by atoms with van der Waals surface area (Å²) in [5, 5.41) is 12.6. The highest BCUT2D eigenvalue weighted by molar-refractivity contribution is 6.24. The summed E-state index contributed by atoms with van der Waals surface area (Å²) in [6.07, 6.45) is 11.2. The van der Waals surface area contributed by atoms with E-state index >= 15 is 0 Å². The van der Waals surface area contributed by atoms with Gasteiger partial charge in [-0.3, -0.25) is 39.0 Å². The Morgan fingerprint density at radius 2 is 1.80 bits per heavy atom. The Labute approximate surface area is 368 Å². The molecule has 332 valence electrons. The molecule has 1 saturated heterocycles. The number of oxazole rings is 1. The van der Waals surface area contributed by atoms with Gasteiger partial charge in [0.25, 0.3) is 23.6 Å². The third-order valence-corrected chi connectivity index (χ3v) is 11.5. The zero-order valence-corrected chi connectivity index (χ0v) is 35.5. The quantitative estimate of drug-likeness (QED) is 0.0576. The number of hydrogen-bond donors (Lipinski definition) is 4. The summed E-state index contributed by atoms with van der Waals surface area (Å²) < 4.78 is 13.0. The van der Waals surface area contributed by atoms with Crippen LogP contribution in [0.1, 0.15) is 104 Å². The molecular formula is C46H50N10O8. The number of rotatable bonds is 21. The molecule has 1 unspecified atom stereocenters. The maximum Gasteiger partial charge on any atom is 0.277 e. The summed E-state index contributed by atoms with van der Waals surface area (Å²) in [5.41, 5.74) is 9.49. The third kappa shape index (κ3) is 10.2. The fourth-order valence-corrected chi connectivity index (χ4v) is 7.88. The van der Waals surface area contributed by atoms with Crippen LogP contribution in [0.5, 0.6) is 0 Å². The summed E-state index contributed by atoms with van der Waals surface area (Å²) in [4.78, 5) is 87.9. The molecule has 2 aromatic carbocycles. The minimum Gasteiger partial charge on any atom is -0.444 e. The number of benzene rings is 2. The molecule has 1 atom stereocenters. The lowest BCUT2D eigenvalue weighted by molar-refractivity contribution is -0.136. The first-order valence-corrected chi connectivity index (χ1v) is 21.6. The number of primary amides is 1. The van der Waals surface area contributed by atoms with Gasteiger partial charge in [0.15, 0.2) is 11.4 Å². The summed E-state index contributed by atoms with van der Waals surface area (Å²) in [6, 6.07) is 15.5. The average Bonchev–Trinajstić information content (AvgIpc) is 3.69. The van der Waals surface area contributed by atoms with Gasteiger partial charge in [-0.25, -0.2) is 14.6 Å². The van der Waals surface area contributed by atoms with Gasteiger partial charge in [0.2, 0.25) is 17.7 Å². The zero-order chi connectivity index (χ0) is 44.7. The van der Waals surface area contributed by atoms with E-state index < -0.39 is 41.5 Å². The standard InChI is InChI=1S/C46H50N10O8/c1-54(20-3-2-4-21-63-22-6-8-30-7-5-9-33-39(30)46(62)56(45(33)61)36-16-17-38(57)52-43(36)60)25-29-12-14-32(15-13-29)55-26-34(40(53-55)41(47)58)50-42(59)35-27-64-44(51-35)31-18-19-48-37(23-31)49-24-28-10-11-28/h5,7,9,12-15,18-19,23,26-28,36H,2-4,6,8,10-11,16-17,20-22,24-25H2,1H3,(H2,47,58)(H,48,49)(H,50,59)(H,52,57,60). The van der Waals surface area contributed by atoms with Crippen molar-refractivity contribution in [3.8, 4) is 17.1 Å². The lowest BCUT2D eigenvalue weighted by atomic mass is 9.99. The van der Waals surface area contributed by atoms with E-state index in [2.05, 4.69) is 43.0 Å². The monoisotopic (exact) mass is 870 g/mol. The minimum atomic E-state index is -0.990. The average molecular weight is 871 g/mol. The fraction of sp³-hybridized carbons (Fsp3) is 0.370. The number of imide groups is 2. The van der Waals surface area contributed by atoms with Crippen molar-refractivity contribution in [2.45, 2.75) is 70.4 Å². The van der Waals surface area contributed by atoms with E-state index in [1.165, 1.54) is 30.0 Å². The first-order chi connectivity index (χ1) is 31.0. The van der Waals surface area contributed by atoms with Crippen molar-refractivity contribution >= 4 is 46.9 Å². The van der Waals surface area contributed by atoms with E-state index in [0.717, 1.165) is 54.9 Å². The Morgan fingerprint density at radius 1 is 0.984 bits per heavy atom. The van der Waals surface area contributed by atoms with Crippen molar-refractivity contribution in [3.63, 3.8) is 0 Å². The molecule has 6 amide bonds. The maximum atomic E-state index is 13.3. The van der Waals surface area contributed by atoms with Crippen molar-refractivity contribution in [1.29, 1.82) is 0 Å². The van der Waals surface area contributed by atoms with Crippen LogP contribution >= 0.6 is 0 Å². The number of ether oxygens (including phenoxy) is 1. The van der Waals surface area contributed by atoms with E-state index in [1.54, 1.807) is 24.4 Å². The number of fused-ring (bicyclic) bond motifs is 1. The second kappa shape index (κ2) is 19.6. The molecule has 2 aliphatic heterocycles. The molecule has 5 aromatic rings. The van der Waals surface area contributed by atoms with E-state index in [0.29, 0.717) is 54.6 Å². The summed E-state index contributed by atoms with van der Waals surface area (Å²) in [7, 11) is 2.06. The molecule has 5 heterocycles. The molecule has 0 radical (unpaired) electrons. The van der Waals surface area contributed by atoms with Crippen molar-refractivity contribution in [1.82, 2.24) is 34.9 Å². The van der Waals surface area contributed by atoms with Crippen LogP contribution in [0.4, 0.5) is 11.5 Å². The summed E-state index contributed by atoms with van der Waals surface area (Å²) in [6.45, 7) is 3.59. The van der Waals surface area contributed by atoms with Crippen LogP contribution < -0.4 is 21.7 Å². The molecule has 0 bridgehead atoms. The van der Waals surface area contributed by atoms with Gasteiger partial charge in [0, 0.05) is 44.5 Å². The fourth-order valence-electron chi connectivity index (χ4n) is 7.88. The molecule has 64 heavy (non-hydrogen) atoms. The van der Waals surface area contributed by atoms with Crippen LogP contribution in [-0.4, -0.2) is 104 Å². The van der Waals surface area contributed by atoms with Gasteiger partial charge in [-0.05, 0) is 112 Å². The molecule has 3 aromatic heterocycles. The normalized spacial score (nSPS) is 16.0. The summed E-state index contributed by atoms with van der Waals surface area (Å²) >= 11 is 0. The Hall–Kier alpha value is -7.05. The molecule has 3 aliphatic rings.